The van der Waals surface area contributed by atoms with Crippen LogP contribution in [0.15, 0.2) is 60.7 Å². The van der Waals surface area contributed by atoms with Gasteiger partial charge in [-0.25, -0.2) is 0 Å². The van der Waals surface area contributed by atoms with Crippen LogP contribution < -0.4 is 10.2 Å². The molecule has 0 aromatic heterocycles. The van der Waals surface area contributed by atoms with Crippen molar-refractivity contribution in [3.8, 4) is 0 Å². The molecule has 2 aromatic rings. The Bertz CT molecular complexity index is 702. The zero-order valence-electron chi connectivity index (χ0n) is 14.7. The molecule has 0 saturated carbocycles. The number of nitrogens with zero attached hydrogens (tertiary/aromatic N) is 2. The summed E-state index contributed by atoms with van der Waals surface area (Å²) < 4.78 is 0. The summed E-state index contributed by atoms with van der Waals surface area (Å²) in [5.41, 5.74) is 3.05. The number of likely N-dealkylation sites (N-methyl/N-ethyl adjacent to an activating group) is 1. The van der Waals surface area contributed by atoms with Gasteiger partial charge >= 0.3 is 0 Å². The Labute approximate surface area is 149 Å². The van der Waals surface area contributed by atoms with Gasteiger partial charge in [-0.2, -0.15) is 0 Å². The van der Waals surface area contributed by atoms with E-state index in [1.807, 2.05) is 48.5 Å². The van der Waals surface area contributed by atoms with E-state index in [2.05, 4.69) is 34.2 Å². The molecule has 1 aliphatic rings. The van der Waals surface area contributed by atoms with Gasteiger partial charge in [0, 0.05) is 43.6 Å². The fourth-order valence-electron chi connectivity index (χ4n) is 3.00. The van der Waals surface area contributed by atoms with Crippen molar-refractivity contribution in [2.75, 3.05) is 42.9 Å². The number of carbonyl (C=O) groups excluding carboxylic acids is 1. The van der Waals surface area contributed by atoms with Crippen LogP contribution in [0.1, 0.15) is 12.5 Å². The lowest BCUT2D eigenvalue weighted by atomic mass is 10.2. The number of anilines is 2. The van der Waals surface area contributed by atoms with Crippen LogP contribution in [0, 0.1) is 0 Å². The van der Waals surface area contributed by atoms with E-state index in [0.29, 0.717) is 0 Å². The van der Waals surface area contributed by atoms with E-state index in [1.165, 1.54) is 5.69 Å². The zero-order chi connectivity index (χ0) is 17.5. The van der Waals surface area contributed by atoms with E-state index in [4.69, 9.17) is 0 Å². The number of piperazine rings is 1. The summed E-state index contributed by atoms with van der Waals surface area (Å²) in [6.45, 7) is 7.66. The van der Waals surface area contributed by atoms with Crippen LogP contribution in [0.25, 0.3) is 6.08 Å². The molecule has 0 aliphatic carbocycles. The second kappa shape index (κ2) is 8.49. The minimum Gasteiger partial charge on any atom is -0.369 e. The van der Waals surface area contributed by atoms with Crippen molar-refractivity contribution in [1.29, 1.82) is 0 Å². The highest BCUT2D eigenvalue weighted by Crippen LogP contribution is 2.19. The van der Waals surface area contributed by atoms with Gasteiger partial charge in [-0.05, 0) is 42.4 Å². The summed E-state index contributed by atoms with van der Waals surface area (Å²) in [7, 11) is 0. The van der Waals surface area contributed by atoms with Crippen LogP contribution in [0.5, 0.6) is 0 Å². The van der Waals surface area contributed by atoms with Crippen molar-refractivity contribution < 1.29 is 4.79 Å². The van der Waals surface area contributed by atoms with E-state index in [0.717, 1.165) is 44.0 Å². The number of rotatable bonds is 5. The molecule has 3 rings (SSSR count). The summed E-state index contributed by atoms with van der Waals surface area (Å²) in [6.07, 6.45) is 3.38. The molecule has 25 heavy (non-hydrogen) atoms. The number of nitrogens with one attached hydrogen (secondary N) is 1. The molecule has 0 atom stereocenters. The fourth-order valence-corrected chi connectivity index (χ4v) is 3.00. The van der Waals surface area contributed by atoms with E-state index >= 15 is 0 Å². The maximum absolute atomic E-state index is 12.0. The molecule has 1 fully saturated rings. The summed E-state index contributed by atoms with van der Waals surface area (Å²) in [6, 6.07) is 17.9. The standard InChI is InChI=1S/C21H25N3O/c1-2-23-14-16-24(17-15-23)20-11-9-19(10-12-20)22-21(25)13-8-18-6-4-3-5-7-18/h3-13H,2,14-17H2,1H3,(H,22,25)/b13-8+. The molecule has 0 bridgehead atoms. The molecular formula is C21H25N3O. The highest BCUT2D eigenvalue weighted by Gasteiger charge is 2.15. The Kier molecular flexibility index (Phi) is 5.86. The second-order valence-corrected chi connectivity index (χ2v) is 6.20. The summed E-state index contributed by atoms with van der Waals surface area (Å²) in [5, 5.41) is 2.91. The van der Waals surface area contributed by atoms with Crippen LogP contribution in [0.4, 0.5) is 11.4 Å². The Morgan fingerprint density at radius 2 is 1.68 bits per heavy atom. The molecule has 0 radical (unpaired) electrons. The second-order valence-electron chi connectivity index (χ2n) is 6.20. The number of hydrogen-bond acceptors (Lipinski definition) is 3. The highest BCUT2D eigenvalue weighted by atomic mass is 16.1. The zero-order valence-corrected chi connectivity index (χ0v) is 14.7. The van der Waals surface area contributed by atoms with Gasteiger partial charge in [0.2, 0.25) is 5.91 Å². The highest BCUT2D eigenvalue weighted by molar-refractivity contribution is 6.02. The fraction of sp³-hybridized carbons (Fsp3) is 0.286. The van der Waals surface area contributed by atoms with Crippen LogP contribution >= 0.6 is 0 Å². The van der Waals surface area contributed by atoms with Crippen LogP contribution in [0.2, 0.25) is 0 Å². The summed E-state index contributed by atoms with van der Waals surface area (Å²) in [5.74, 6) is -0.117. The molecule has 1 N–H and O–H groups in total. The minimum atomic E-state index is -0.117. The Morgan fingerprint density at radius 3 is 2.32 bits per heavy atom. The molecule has 130 valence electrons. The van der Waals surface area contributed by atoms with E-state index < -0.39 is 0 Å². The number of hydrogen-bond donors (Lipinski definition) is 1. The van der Waals surface area contributed by atoms with Gasteiger partial charge in [0.15, 0.2) is 0 Å². The smallest absolute Gasteiger partial charge is 0.248 e. The SMILES string of the molecule is CCN1CCN(c2ccc(NC(=O)/C=C/c3ccccc3)cc2)CC1. The van der Waals surface area contributed by atoms with Crippen molar-refractivity contribution in [1.82, 2.24) is 4.90 Å². The van der Waals surface area contributed by atoms with Crippen LogP contribution in [-0.4, -0.2) is 43.5 Å². The Hall–Kier alpha value is -2.59. The third-order valence-corrected chi connectivity index (χ3v) is 4.55. The molecule has 1 saturated heterocycles. The summed E-state index contributed by atoms with van der Waals surface area (Å²) >= 11 is 0. The third-order valence-electron chi connectivity index (χ3n) is 4.55. The quantitative estimate of drug-likeness (QED) is 0.850. The molecule has 2 aromatic carbocycles. The first-order valence-corrected chi connectivity index (χ1v) is 8.86. The Balaban J connectivity index is 1.54. The van der Waals surface area contributed by atoms with Gasteiger partial charge < -0.3 is 15.1 Å². The summed E-state index contributed by atoms with van der Waals surface area (Å²) in [4.78, 5) is 16.9. The predicted octanol–water partition coefficient (Wildman–Crippen LogP) is 3.48. The maximum Gasteiger partial charge on any atom is 0.248 e. The molecule has 0 unspecified atom stereocenters. The van der Waals surface area contributed by atoms with Gasteiger partial charge in [-0.15, -0.1) is 0 Å². The lowest BCUT2D eigenvalue weighted by Crippen LogP contribution is -2.46. The topological polar surface area (TPSA) is 35.6 Å². The molecule has 0 spiro atoms. The number of carbonyl (C=O) groups is 1. The van der Waals surface area contributed by atoms with Crippen LogP contribution in [0.3, 0.4) is 0 Å². The first kappa shape index (κ1) is 17.2. The van der Waals surface area contributed by atoms with E-state index in [9.17, 15) is 4.79 Å². The van der Waals surface area contributed by atoms with Gasteiger partial charge in [0.05, 0.1) is 0 Å². The van der Waals surface area contributed by atoms with Crippen molar-refractivity contribution >= 4 is 23.4 Å². The van der Waals surface area contributed by atoms with Crippen molar-refractivity contribution in [2.24, 2.45) is 0 Å². The maximum atomic E-state index is 12.0. The monoisotopic (exact) mass is 335 g/mol. The average molecular weight is 335 g/mol. The first-order valence-electron chi connectivity index (χ1n) is 8.86. The van der Waals surface area contributed by atoms with Crippen molar-refractivity contribution in [2.45, 2.75) is 6.92 Å². The van der Waals surface area contributed by atoms with Crippen molar-refractivity contribution in [3.63, 3.8) is 0 Å². The first-order chi connectivity index (χ1) is 12.2. The molecule has 1 heterocycles. The Morgan fingerprint density at radius 1 is 1.00 bits per heavy atom. The van der Waals surface area contributed by atoms with Gasteiger partial charge in [-0.3, -0.25) is 4.79 Å². The largest absolute Gasteiger partial charge is 0.369 e. The third kappa shape index (κ3) is 4.94. The average Bonchev–Trinajstić information content (AvgIpc) is 2.68. The van der Waals surface area contributed by atoms with E-state index in [1.54, 1.807) is 6.08 Å². The lowest BCUT2D eigenvalue weighted by molar-refractivity contribution is -0.111. The predicted molar refractivity (Wildman–Crippen MR) is 105 cm³/mol. The number of amides is 1. The van der Waals surface area contributed by atoms with Crippen molar-refractivity contribution in [3.05, 3.63) is 66.2 Å². The van der Waals surface area contributed by atoms with Gasteiger partial charge in [0.25, 0.3) is 0 Å². The lowest BCUT2D eigenvalue weighted by Gasteiger charge is -2.35. The molecule has 4 heteroatoms. The minimum absolute atomic E-state index is 0.117. The normalized spacial score (nSPS) is 15.5. The molecule has 1 amide bonds. The molecule has 4 nitrogen and oxygen atoms in total. The van der Waals surface area contributed by atoms with Gasteiger partial charge in [-0.1, -0.05) is 37.3 Å². The number of benzene rings is 2. The van der Waals surface area contributed by atoms with Gasteiger partial charge in [0.1, 0.15) is 0 Å². The van der Waals surface area contributed by atoms with Crippen LogP contribution in [-0.2, 0) is 4.79 Å². The molecule has 1 aliphatic heterocycles. The van der Waals surface area contributed by atoms with E-state index in [-0.39, 0.29) is 5.91 Å². The molecular weight excluding hydrogens is 310 g/mol.